The molecule has 0 radical (unpaired) electrons. The summed E-state index contributed by atoms with van der Waals surface area (Å²) in [5, 5.41) is 11.6. The Morgan fingerprint density at radius 2 is 2.15 bits per heavy atom. The van der Waals surface area contributed by atoms with Gasteiger partial charge in [-0.3, -0.25) is 4.79 Å². The van der Waals surface area contributed by atoms with Gasteiger partial charge in [-0.1, -0.05) is 37.4 Å². The first kappa shape index (κ1) is 16.4. The van der Waals surface area contributed by atoms with Crippen LogP contribution in [0.3, 0.4) is 0 Å². The zero-order valence-electron chi connectivity index (χ0n) is 11.2. The molecule has 0 aromatic heterocycles. The minimum absolute atomic E-state index is 0.0744. The van der Waals surface area contributed by atoms with Crippen LogP contribution in [0.5, 0.6) is 0 Å². The van der Waals surface area contributed by atoms with Crippen LogP contribution in [0.2, 0.25) is 5.02 Å². The van der Waals surface area contributed by atoms with Gasteiger partial charge in [0.05, 0.1) is 6.42 Å². The molecule has 0 bridgehead atoms. The van der Waals surface area contributed by atoms with E-state index in [4.69, 9.17) is 16.7 Å². The van der Waals surface area contributed by atoms with E-state index in [9.17, 15) is 14.0 Å². The van der Waals surface area contributed by atoms with E-state index in [2.05, 4.69) is 5.32 Å². The third-order valence-electron chi connectivity index (χ3n) is 2.85. The first-order valence-corrected chi connectivity index (χ1v) is 6.78. The molecule has 1 atom stereocenters. The lowest BCUT2D eigenvalue weighted by molar-refractivity contribution is -0.142. The van der Waals surface area contributed by atoms with E-state index in [0.717, 1.165) is 12.5 Å². The molecule has 1 rings (SSSR count). The standard InChI is InChI=1S/C14H17ClFNO3/c1-2-3-4-12(14(19)20)17-13(18)7-9-5-6-10(16)8-11(9)15/h5-6,8,12H,2-4,7H2,1H3,(H,17,18)(H,19,20). The van der Waals surface area contributed by atoms with Crippen LogP contribution in [0.1, 0.15) is 31.7 Å². The molecule has 0 spiro atoms. The van der Waals surface area contributed by atoms with Crippen molar-refractivity contribution in [2.45, 2.75) is 38.6 Å². The summed E-state index contributed by atoms with van der Waals surface area (Å²) in [6, 6.07) is 2.84. The zero-order valence-corrected chi connectivity index (χ0v) is 11.9. The maximum absolute atomic E-state index is 12.9. The van der Waals surface area contributed by atoms with Gasteiger partial charge in [0, 0.05) is 5.02 Å². The summed E-state index contributed by atoms with van der Waals surface area (Å²) >= 11 is 5.82. The number of halogens is 2. The van der Waals surface area contributed by atoms with E-state index in [1.807, 2.05) is 6.92 Å². The van der Waals surface area contributed by atoms with Crippen LogP contribution >= 0.6 is 11.6 Å². The summed E-state index contributed by atoms with van der Waals surface area (Å²) in [7, 11) is 0. The van der Waals surface area contributed by atoms with Crippen molar-refractivity contribution in [3.05, 3.63) is 34.6 Å². The molecule has 0 aliphatic carbocycles. The van der Waals surface area contributed by atoms with Crippen LogP contribution in [-0.4, -0.2) is 23.0 Å². The number of carbonyl (C=O) groups is 2. The fourth-order valence-corrected chi connectivity index (χ4v) is 1.98. The van der Waals surface area contributed by atoms with Gasteiger partial charge in [-0.05, 0) is 24.1 Å². The van der Waals surface area contributed by atoms with E-state index in [0.29, 0.717) is 18.4 Å². The number of hydrogen-bond donors (Lipinski definition) is 2. The number of rotatable bonds is 7. The van der Waals surface area contributed by atoms with E-state index in [1.165, 1.54) is 12.1 Å². The molecule has 0 fully saturated rings. The second-order valence-corrected chi connectivity index (χ2v) is 4.92. The van der Waals surface area contributed by atoms with Gasteiger partial charge >= 0.3 is 5.97 Å². The molecule has 0 saturated carbocycles. The smallest absolute Gasteiger partial charge is 0.326 e. The number of hydrogen-bond acceptors (Lipinski definition) is 2. The third kappa shape index (κ3) is 5.17. The molecule has 20 heavy (non-hydrogen) atoms. The molecule has 2 N–H and O–H groups in total. The molecule has 0 aliphatic rings. The molecule has 1 aromatic rings. The van der Waals surface area contributed by atoms with Crippen molar-refractivity contribution in [2.24, 2.45) is 0 Å². The summed E-state index contributed by atoms with van der Waals surface area (Å²) in [5.74, 6) is -1.98. The molecule has 1 unspecified atom stereocenters. The van der Waals surface area contributed by atoms with E-state index < -0.39 is 23.7 Å². The highest BCUT2D eigenvalue weighted by atomic mass is 35.5. The van der Waals surface area contributed by atoms with Gasteiger partial charge < -0.3 is 10.4 Å². The van der Waals surface area contributed by atoms with Crippen LogP contribution in [0.15, 0.2) is 18.2 Å². The van der Waals surface area contributed by atoms with Crippen molar-refractivity contribution >= 4 is 23.5 Å². The van der Waals surface area contributed by atoms with Crippen LogP contribution in [0, 0.1) is 5.82 Å². The van der Waals surface area contributed by atoms with Crippen LogP contribution in [-0.2, 0) is 16.0 Å². The number of amides is 1. The van der Waals surface area contributed by atoms with E-state index in [-0.39, 0.29) is 11.4 Å². The largest absolute Gasteiger partial charge is 0.480 e. The molecule has 110 valence electrons. The number of carbonyl (C=O) groups excluding carboxylic acids is 1. The number of carboxylic acid groups (broad SMARTS) is 1. The lowest BCUT2D eigenvalue weighted by atomic mass is 10.1. The Hall–Kier alpha value is -1.62. The van der Waals surface area contributed by atoms with Gasteiger partial charge in [-0.2, -0.15) is 0 Å². The maximum Gasteiger partial charge on any atom is 0.326 e. The van der Waals surface area contributed by atoms with Gasteiger partial charge in [0.1, 0.15) is 11.9 Å². The Kier molecular flexibility index (Phi) is 6.45. The molecule has 0 aliphatic heterocycles. The van der Waals surface area contributed by atoms with Crippen molar-refractivity contribution in [3.8, 4) is 0 Å². The first-order valence-electron chi connectivity index (χ1n) is 6.40. The molecular weight excluding hydrogens is 285 g/mol. The average molecular weight is 302 g/mol. The SMILES string of the molecule is CCCCC(NC(=O)Cc1ccc(F)cc1Cl)C(=O)O. The van der Waals surface area contributed by atoms with Crippen molar-refractivity contribution < 1.29 is 19.1 Å². The van der Waals surface area contributed by atoms with Gasteiger partial charge in [0.25, 0.3) is 0 Å². The molecule has 6 heteroatoms. The second-order valence-electron chi connectivity index (χ2n) is 4.51. The summed E-state index contributed by atoms with van der Waals surface area (Å²) in [4.78, 5) is 22.8. The fraction of sp³-hybridized carbons (Fsp3) is 0.429. The second kappa shape index (κ2) is 7.85. The third-order valence-corrected chi connectivity index (χ3v) is 3.20. The molecule has 4 nitrogen and oxygen atoms in total. The normalized spacial score (nSPS) is 11.9. The number of benzene rings is 1. The number of nitrogens with one attached hydrogen (secondary N) is 1. The lowest BCUT2D eigenvalue weighted by Gasteiger charge is -2.14. The number of aliphatic carboxylic acids is 1. The summed E-state index contributed by atoms with van der Waals surface area (Å²) < 4.78 is 12.9. The fourth-order valence-electron chi connectivity index (χ4n) is 1.75. The van der Waals surface area contributed by atoms with Crippen molar-refractivity contribution in [1.29, 1.82) is 0 Å². The highest BCUT2D eigenvalue weighted by Crippen LogP contribution is 2.17. The van der Waals surface area contributed by atoms with Gasteiger partial charge in [-0.15, -0.1) is 0 Å². The van der Waals surface area contributed by atoms with E-state index >= 15 is 0 Å². The zero-order chi connectivity index (χ0) is 15.1. The summed E-state index contributed by atoms with van der Waals surface area (Å²) in [5.41, 5.74) is 0.463. The molecule has 0 saturated heterocycles. The topological polar surface area (TPSA) is 66.4 Å². The average Bonchev–Trinajstić information content (AvgIpc) is 2.37. The molecule has 1 amide bonds. The van der Waals surface area contributed by atoms with Gasteiger partial charge in [-0.25, -0.2) is 9.18 Å². The Morgan fingerprint density at radius 3 is 2.70 bits per heavy atom. The van der Waals surface area contributed by atoms with Crippen LogP contribution in [0.25, 0.3) is 0 Å². The van der Waals surface area contributed by atoms with Crippen LogP contribution in [0.4, 0.5) is 4.39 Å². The summed E-state index contributed by atoms with van der Waals surface area (Å²) in [6.07, 6.45) is 1.88. The monoisotopic (exact) mass is 301 g/mol. The minimum Gasteiger partial charge on any atom is -0.480 e. The Bertz CT molecular complexity index is 493. The Balaban J connectivity index is 2.63. The van der Waals surface area contributed by atoms with Crippen molar-refractivity contribution in [3.63, 3.8) is 0 Å². The van der Waals surface area contributed by atoms with Gasteiger partial charge in [0.15, 0.2) is 0 Å². The highest BCUT2D eigenvalue weighted by molar-refractivity contribution is 6.31. The Labute approximate surface area is 121 Å². The quantitative estimate of drug-likeness (QED) is 0.814. The van der Waals surface area contributed by atoms with Crippen LogP contribution < -0.4 is 5.32 Å². The predicted octanol–water partition coefficient (Wildman–Crippen LogP) is 2.78. The molecule has 1 aromatic carbocycles. The summed E-state index contributed by atoms with van der Waals surface area (Å²) in [6.45, 7) is 1.94. The van der Waals surface area contributed by atoms with Crippen molar-refractivity contribution in [2.75, 3.05) is 0 Å². The van der Waals surface area contributed by atoms with Crippen molar-refractivity contribution in [1.82, 2.24) is 5.32 Å². The minimum atomic E-state index is -1.06. The highest BCUT2D eigenvalue weighted by Gasteiger charge is 2.19. The first-order chi connectivity index (χ1) is 9.43. The molecular formula is C14H17ClFNO3. The predicted molar refractivity (Wildman–Crippen MR) is 74.2 cm³/mol. The molecule has 0 heterocycles. The Morgan fingerprint density at radius 1 is 1.45 bits per heavy atom. The number of carboxylic acids is 1. The maximum atomic E-state index is 12.9. The number of unbranched alkanes of at least 4 members (excludes halogenated alkanes) is 1. The van der Waals surface area contributed by atoms with Gasteiger partial charge in [0.2, 0.25) is 5.91 Å². The van der Waals surface area contributed by atoms with E-state index in [1.54, 1.807) is 0 Å². The lowest BCUT2D eigenvalue weighted by Crippen LogP contribution is -2.41.